The zero-order chi connectivity index (χ0) is 13.1. The van der Waals surface area contributed by atoms with Crippen LogP contribution in [0, 0.1) is 6.92 Å². The Kier molecular flexibility index (Phi) is 3.55. The van der Waals surface area contributed by atoms with E-state index in [-0.39, 0.29) is 0 Å². The molecule has 0 unspecified atom stereocenters. The highest BCUT2D eigenvalue weighted by atomic mass is 15.3. The van der Waals surface area contributed by atoms with Crippen LogP contribution in [0.25, 0.3) is 0 Å². The maximum atomic E-state index is 6.06. The van der Waals surface area contributed by atoms with Crippen molar-refractivity contribution in [3.63, 3.8) is 0 Å². The number of nitrogens with one attached hydrogen (secondary N) is 1. The predicted molar refractivity (Wildman–Crippen MR) is 75.5 cm³/mol. The van der Waals surface area contributed by atoms with E-state index in [9.17, 15) is 0 Å². The highest BCUT2D eigenvalue weighted by molar-refractivity contribution is 5.65. The summed E-state index contributed by atoms with van der Waals surface area (Å²) in [5.74, 6) is 0.896. The molecule has 0 aliphatic rings. The van der Waals surface area contributed by atoms with Crippen LogP contribution in [0.1, 0.15) is 23.7 Å². The van der Waals surface area contributed by atoms with Crippen LogP contribution in [0.3, 0.4) is 0 Å². The monoisotopic (exact) mass is 244 g/mol. The summed E-state index contributed by atoms with van der Waals surface area (Å²) in [6.45, 7) is 4.90. The highest BCUT2D eigenvalue weighted by Crippen LogP contribution is 2.22. The molecule has 0 atom stereocenters. The number of anilines is 2. The Morgan fingerprint density at radius 3 is 2.50 bits per heavy atom. The number of nitrogens with zero attached hydrogens (tertiary/aromatic N) is 2. The van der Waals surface area contributed by atoms with Crippen molar-refractivity contribution in [2.45, 2.75) is 26.8 Å². The molecule has 4 heteroatoms. The molecule has 4 nitrogen and oxygen atoms in total. The number of hydrogen-bond acceptors (Lipinski definition) is 3. The van der Waals surface area contributed by atoms with E-state index in [0.717, 1.165) is 30.2 Å². The molecule has 0 bridgehead atoms. The molecule has 18 heavy (non-hydrogen) atoms. The molecule has 1 aromatic carbocycles. The van der Waals surface area contributed by atoms with Gasteiger partial charge in [-0.1, -0.05) is 36.8 Å². The van der Waals surface area contributed by atoms with Crippen molar-refractivity contribution >= 4 is 11.5 Å². The van der Waals surface area contributed by atoms with E-state index in [0.29, 0.717) is 0 Å². The van der Waals surface area contributed by atoms with Crippen molar-refractivity contribution in [1.82, 2.24) is 9.78 Å². The van der Waals surface area contributed by atoms with Crippen LogP contribution in [-0.2, 0) is 20.0 Å². The minimum atomic E-state index is 0.757. The Morgan fingerprint density at radius 1 is 1.28 bits per heavy atom. The lowest BCUT2D eigenvalue weighted by atomic mass is 10.1. The van der Waals surface area contributed by atoms with Crippen LogP contribution in [0.5, 0.6) is 0 Å². The summed E-state index contributed by atoms with van der Waals surface area (Å²) in [6, 6.07) is 8.47. The first kappa shape index (κ1) is 12.5. The molecule has 0 radical (unpaired) electrons. The van der Waals surface area contributed by atoms with Gasteiger partial charge in [0.15, 0.2) is 0 Å². The van der Waals surface area contributed by atoms with Gasteiger partial charge in [0, 0.05) is 13.6 Å². The second-order valence-electron chi connectivity index (χ2n) is 4.53. The molecule has 1 aromatic heterocycles. The van der Waals surface area contributed by atoms with Gasteiger partial charge >= 0.3 is 0 Å². The Bertz CT molecular complexity index is 525. The fourth-order valence-electron chi connectivity index (χ4n) is 1.96. The molecular weight excluding hydrogens is 224 g/mol. The standard InChI is InChI=1S/C14H20N4/c1-4-12-13(15)14(18(3)17-12)16-9-11-7-5-10(2)6-8-11/h5-8,16H,4,9,15H2,1-3H3. The number of benzene rings is 1. The van der Waals surface area contributed by atoms with Gasteiger partial charge in [-0.3, -0.25) is 4.68 Å². The van der Waals surface area contributed by atoms with Gasteiger partial charge in [0.1, 0.15) is 5.82 Å². The van der Waals surface area contributed by atoms with Gasteiger partial charge in [-0.2, -0.15) is 5.10 Å². The first-order valence-corrected chi connectivity index (χ1v) is 6.22. The highest BCUT2D eigenvalue weighted by Gasteiger charge is 2.10. The molecule has 3 N–H and O–H groups in total. The topological polar surface area (TPSA) is 55.9 Å². The van der Waals surface area contributed by atoms with Gasteiger partial charge in [0.25, 0.3) is 0 Å². The minimum absolute atomic E-state index is 0.757. The Labute approximate surface area is 108 Å². The smallest absolute Gasteiger partial charge is 0.148 e. The third-order valence-corrected chi connectivity index (χ3v) is 3.08. The van der Waals surface area contributed by atoms with Crippen LogP contribution in [0.15, 0.2) is 24.3 Å². The number of aromatic nitrogens is 2. The Balaban J connectivity index is 2.10. The molecule has 0 spiro atoms. The van der Waals surface area contributed by atoms with Crippen LogP contribution >= 0.6 is 0 Å². The number of nitrogen functional groups attached to an aromatic ring is 1. The predicted octanol–water partition coefficient (Wildman–Crippen LogP) is 2.49. The summed E-state index contributed by atoms with van der Waals surface area (Å²) in [7, 11) is 1.91. The summed E-state index contributed by atoms with van der Waals surface area (Å²) in [6.07, 6.45) is 0.853. The fourth-order valence-corrected chi connectivity index (χ4v) is 1.96. The maximum absolute atomic E-state index is 6.06. The SMILES string of the molecule is CCc1nn(C)c(NCc2ccc(C)cc2)c1N. The average Bonchev–Trinajstić information content (AvgIpc) is 2.64. The summed E-state index contributed by atoms with van der Waals surface area (Å²) < 4.78 is 1.81. The molecule has 0 amide bonds. The van der Waals surface area contributed by atoms with Crippen molar-refractivity contribution in [3.8, 4) is 0 Å². The average molecular weight is 244 g/mol. The largest absolute Gasteiger partial charge is 0.394 e. The van der Waals surface area contributed by atoms with Crippen LogP contribution in [0.2, 0.25) is 0 Å². The molecule has 0 aliphatic carbocycles. The van der Waals surface area contributed by atoms with Gasteiger partial charge in [-0.05, 0) is 18.9 Å². The van der Waals surface area contributed by atoms with Gasteiger partial charge in [0.2, 0.25) is 0 Å². The van der Waals surface area contributed by atoms with E-state index in [1.165, 1.54) is 11.1 Å². The van der Waals surface area contributed by atoms with Gasteiger partial charge in [0.05, 0.1) is 11.4 Å². The van der Waals surface area contributed by atoms with E-state index < -0.39 is 0 Å². The van der Waals surface area contributed by atoms with Gasteiger partial charge in [-0.25, -0.2) is 0 Å². The van der Waals surface area contributed by atoms with Crippen LogP contribution < -0.4 is 11.1 Å². The Morgan fingerprint density at radius 2 is 1.94 bits per heavy atom. The van der Waals surface area contributed by atoms with Crippen LogP contribution in [0.4, 0.5) is 11.5 Å². The lowest BCUT2D eigenvalue weighted by molar-refractivity contribution is 0.747. The van der Waals surface area contributed by atoms with E-state index in [4.69, 9.17) is 5.73 Å². The molecule has 2 rings (SSSR count). The first-order valence-electron chi connectivity index (χ1n) is 6.22. The lowest BCUT2D eigenvalue weighted by Crippen LogP contribution is -2.06. The van der Waals surface area contributed by atoms with E-state index in [1.807, 2.05) is 11.7 Å². The number of nitrogens with two attached hydrogens (primary N) is 1. The van der Waals surface area contributed by atoms with E-state index in [2.05, 4.69) is 48.5 Å². The summed E-state index contributed by atoms with van der Waals surface area (Å²) in [4.78, 5) is 0. The van der Waals surface area contributed by atoms with Crippen molar-refractivity contribution < 1.29 is 0 Å². The number of hydrogen-bond donors (Lipinski definition) is 2. The second-order valence-corrected chi connectivity index (χ2v) is 4.53. The van der Waals surface area contributed by atoms with Crippen molar-refractivity contribution in [3.05, 3.63) is 41.1 Å². The molecule has 0 aliphatic heterocycles. The number of rotatable bonds is 4. The molecule has 0 saturated heterocycles. The fraction of sp³-hybridized carbons (Fsp3) is 0.357. The quantitative estimate of drug-likeness (QED) is 0.868. The number of aryl methyl sites for hydroxylation is 3. The van der Waals surface area contributed by atoms with Gasteiger partial charge in [-0.15, -0.1) is 0 Å². The molecule has 0 fully saturated rings. The summed E-state index contributed by atoms with van der Waals surface area (Å²) in [5, 5.41) is 7.73. The third kappa shape index (κ3) is 2.47. The molecule has 96 valence electrons. The normalized spacial score (nSPS) is 10.6. The summed E-state index contributed by atoms with van der Waals surface area (Å²) in [5.41, 5.74) is 10.3. The summed E-state index contributed by atoms with van der Waals surface area (Å²) >= 11 is 0. The molecule has 1 heterocycles. The van der Waals surface area contributed by atoms with Gasteiger partial charge < -0.3 is 11.1 Å². The zero-order valence-corrected chi connectivity index (χ0v) is 11.2. The molecular formula is C14H20N4. The minimum Gasteiger partial charge on any atom is -0.394 e. The van der Waals surface area contributed by atoms with E-state index in [1.54, 1.807) is 0 Å². The zero-order valence-electron chi connectivity index (χ0n) is 11.2. The maximum Gasteiger partial charge on any atom is 0.148 e. The lowest BCUT2D eigenvalue weighted by Gasteiger charge is -2.08. The molecule has 2 aromatic rings. The Hall–Kier alpha value is -1.97. The second kappa shape index (κ2) is 5.12. The van der Waals surface area contributed by atoms with Crippen molar-refractivity contribution in [2.75, 3.05) is 11.1 Å². The van der Waals surface area contributed by atoms with Crippen molar-refractivity contribution in [1.29, 1.82) is 0 Å². The van der Waals surface area contributed by atoms with Crippen molar-refractivity contribution in [2.24, 2.45) is 7.05 Å². The third-order valence-electron chi connectivity index (χ3n) is 3.08. The van der Waals surface area contributed by atoms with Crippen LogP contribution in [-0.4, -0.2) is 9.78 Å². The first-order chi connectivity index (χ1) is 8.61. The van der Waals surface area contributed by atoms with E-state index >= 15 is 0 Å². The molecule has 0 saturated carbocycles.